The number of nitrogens with zero attached hydrogens (tertiary/aromatic N) is 2. The van der Waals surface area contributed by atoms with E-state index in [1.165, 1.54) is 11.3 Å². The number of hydrogen-bond acceptors (Lipinski definition) is 3. The number of amides is 1. The van der Waals surface area contributed by atoms with Gasteiger partial charge in [-0.25, -0.2) is 4.98 Å². The summed E-state index contributed by atoms with van der Waals surface area (Å²) in [5.41, 5.74) is 2.18. The first kappa shape index (κ1) is 17.7. The topological polar surface area (TPSA) is 33.2 Å². The van der Waals surface area contributed by atoms with Gasteiger partial charge in [0, 0.05) is 16.3 Å². The molecule has 2 aromatic carbocycles. The van der Waals surface area contributed by atoms with E-state index in [1.807, 2.05) is 67.6 Å². The Balaban J connectivity index is 1.78. The number of pyridine rings is 1. The third-order valence-electron chi connectivity index (χ3n) is 4.33. The molecule has 0 aliphatic heterocycles. The van der Waals surface area contributed by atoms with Gasteiger partial charge in [-0.15, -0.1) is 11.3 Å². The number of carbonyl (C=O) groups excluding carboxylic acids is 1. The highest BCUT2D eigenvalue weighted by Crippen LogP contribution is 2.37. The van der Waals surface area contributed by atoms with E-state index in [0.29, 0.717) is 22.3 Å². The number of anilines is 1. The Morgan fingerprint density at radius 3 is 2.59 bits per heavy atom. The molecule has 3 nitrogen and oxygen atoms in total. The van der Waals surface area contributed by atoms with Gasteiger partial charge in [-0.05, 0) is 36.2 Å². The average Bonchev–Trinajstić information content (AvgIpc) is 3.03. The molecular formula is C22H17ClN2OS. The van der Waals surface area contributed by atoms with Gasteiger partial charge in [0.1, 0.15) is 10.7 Å². The average molecular weight is 393 g/mol. The summed E-state index contributed by atoms with van der Waals surface area (Å²) in [5, 5.41) is 1.42. The number of hydrogen-bond donors (Lipinski definition) is 0. The van der Waals surface area contributed by atoms with Crippen LogP contribution in [0, 0.1) is 6.92 Å². The molecule has 0 atom stereocenters. The van der Waals surface area contributed by atoms with Gasteiger partial charge in [-0.2, -0.15) is 0 Å². The summed E-state index contributed by atoms with van der Waals surface area (Å²) < 4.78 is 1.02. The van der Waals surface area contributed by atoms with Crippen LogP contribution in [0.1, 0.15) is 20.8 Å². The molecule has 0 unspecified atom stereocenters. The molecule has 0 spiro atoms. The lowest BCUT2D eigenvalue weighted by molar-refractivity contribution is 0.0988. The summed E-state index contributed by atoms with van der Waals surface area (Å²) >= 11 is 8.01. The van der Waals surface area contributed by atoms with Crippen LogP contribution in [0.15, 0.2) is 72.9 Å². The second-order valence-corrected chi connectivity index (χ2v) is 7.74. The van der Waals surface area contributed by atoms with Crippen molar-refractivity contribution in [2.75, 3.05) is 4.90 Å². The Morgan fingerprint density at radius 1 is 1.07 bits per heavy atom. The van der Waals surface area contributed by atoms with Crippen molar-refractivity contribution in [2.24, 2.45) is 0 Å². The number of aryl methyl sites for hydroxylation is 1. The zero-order valence-corrected chi connectivity index (χ0v) is 16.3. The third-order valence-corrected chi connectivity index (χ3v) is 5.98. The monoisotopic (exact) mass is 392 g/mol. The molecule has 5 heteroatoms. The van der Waals surface area contributed by atoms with E-state index in [1.54, 1.807) is 11.1 Å². The van der Waals surface area contributed by atoms with Crippen molar-refractivity contribution in [3.63, 3.8) is 0 Å². The highest BCUT2D eigenvalue weighted by molar-refractivity contribution is 7.21. The molecule has 0 fully saturated rings. The fraction of sp³-hybridized carbons (Fsp3) is 0.0909. The van der Waals surface area contributed by atoms with E-state index >= 15 is 0 Å². The quantitative estimate of drug-likeness (QED) is 0.420. The van der Waals surface area contributed by atoms with Gasteiger partial charge < -0.3 is 0 Å². The van der Waals surface area contributed by atoms with Gasteiger partial charge in [0.25, 0.3) is 5.91 Å². The van der Waals surface area contributed by atoms with E-state index in [-0.39, 0.29) is 5.91 Å². The van der Waals surface area contributed by atoms with Crippen LogP contribution in [-0.4, -0.2) is 10.9 Å². The predicted molar refractivity (Wildman–Crippen MR) is 113 cm³/mol. The number of thiophene rings is 1. The van der Waals surface area contributed by atoms with Crippen LogP contribution in [0.5, 0.6) is 0 Å². The van der Waals surface area contributed by atoms with Gasteiger partial charge >= 0.3 is 0 Å². The number of benzene rings is 2. The summed E-state index contributed by atoms with van der Waals surface area (Å²) in [6.07, 6.45) is 1.69. The number of fused-ring (bicyclic) bond motifs is 1. The predicted octanol–water partition coefficient (Wildman–Crippen LogP) is 6.11. The minimum Gasteiger partial charge on any atom is -0.287 e. The molecule has 0 aliphatic rings. The fourth-order valence-electron chi connectivity index (χ4n) is 2.97. The Morgan fingerprint density at radius 2 is 1.85 bits per heavy atom. The molecule has 0 radical (unpaired) electrons. The number of aromatic nitrogens is 1. The molecule has 0 bridgehead atoms. The lowest BCUT2D eigenvalue weighted by Gasteiger charge is -2.21. The molecule has 0 saturated carbocycles. The van der Waals surface area contributed by atoms with Crippen molar-refractivity contribution in [3.05, 3.63) is 94.0 Å². The van der Waals surface area contributed by atoms with E-state index in [0.717, 1.165) is 21.2 Å². The summed E-state index contributed by atoms with van der Waals surface area (Å²) in [6.45, 7) is 2.46. The standard InChI is InChI=1S/C22H17ClN2OS/c1-15-10-11-17-18(13-15)27-21(20(17)23)22(26)25(19-9-5-6-12-24-19)14-16-7-3-2-4-8-16/h2-13H,14H2,1H3. The molecule has 0 aliphatic carbocycles. The first-order valence-corrected chi connectivity index (χ1v) is 9.78. The van der Waals surface area contributed by atoms with E-state index in [9.17, 15) is 4.79 Å². The second-order valence-electron chi connectivity index (χ2n) is 6.31. The Labute approximate surface area is 166 Å². The van der Waals surface area contributed by atoms with Gasteiger partial charge in [-0.1, -0.05) is 60.1 Å². The smallest absolute Gasteiger partial charge is 0.271 e. The van der Waals surface area contributed by atoms with Gasteiger partial charge in [0.05, 0.1) is 11.6 Å². The molecule has 1 amide bonds. The second kappa shape index (κ2) is 7.51. The molecule has 2 aromatic heterocycles. The van der Waals surface area contributed by atoms with Crippen LogP contribution in [0.4, 0.5) is 5.82 Å². The normalized spacial score (nSPS) is 10.9. The van der Waals surface area contributed by atoms with Gasteiger partial charge in [0.15, 0.2) is 0 Å². The first-order chi connectivity index (χ1) is 13.1. The Hall–Kier alpha value is -2.69. The molecular weight excluding hydrogens is 376 g/mol. The van der Waals surface area contributed by atoms with Crippen LogP contribution in [0.2, 0.25) is 5.02 Å². The number of carbonyl (C=O) groups is 1. The van der Waals surface area contributed by atoms with Gasteiger partial charge in [-0.3, -0.25) is 9.69 Å². The van der Waals surface area contributed by atoms with Crippen LogP contribution >= 0.6 is 22.9 Å². The van der Waals surface area contributed by atoms with Crippen LogP contribution in [-0.2, 0) is 6.54 Å². The Kier molecular flexibility index (Phi) is 4.92. The van der Waals surface area contributed by atoms with Crippen molar-refractivity contribution in [1.29, 1.82) is 0 Å². The van der Waals surface area contributed by atoms with Crippen molar-refractivity contribution >= 4 is 44.7 Å². The molecule has 2 heterocycles. The molecule has 0 saturated heterocycles. The summed E-state index contributed by atoms with van der Waals surface area (Å²) in [7, 11) is 0. The minimum absolute atomic E-state index is 0.138. The largest absolute Gasteiger partial charge is 0.287 e. The van der Waals surface area contributed by atoms with Crippen LogP contribution in [0.3, 0.4) is 0 Å². The van der Waals surface area contributed by atoms with Crippen molar-refractivity contribution in [3.8, 4) is 0 Å². The van der Waals surface area contributed by atoms with Crippen molar-refractivity contribution in [1.82, 2.24) is 4.98 Å². The number of rotatable bonds is 4. The summed E-state index contributed by atoms with van der Waals surface area (Å²) in [5.74, 6) is 0.470. The zero-order valence-electron chi connectivity index (χ0n) is 14.7. The molecule has 134 valence electrons. The van der Waals surface area contributed by atoms with Crippen molar-refractivity contribution < 1.29 is 4.79 Å². The van der Waals surface area contributed by atoms with Gasteiger partial charge in [0.2, 0.25) is 0 Å². The maximum absolute atomic E-state index is 13.4. The van der Waals surface area contributed by atoms with Crippen LogP contribution in [0.25, 0.3) is 10.1 Å². The minimum atomic E-state index is -0.138. The first-order valence-electron chi connectivity index (χ1n) is 8.59. The maximum Gasteiger partial charge on any atom is 0.271 e. The molecule has 0 N–H and O–H groups in total. The van der Waals surface area contributed by atoms with Crippen molar-refractivity contribution in [2.45, 2.75) is 13.5 Å². The fourth-order valence-corrected chi connectivity index (χ4v) is 4.53. The number of halogens is 1. The molecule has 4 aromatic rings. The lowest BCUT2D eigenvalue weighted by Crippen LogP contribution is -2.30. The maximum atomic E-state index is 13.4. The lowest BCUT2D eigenvalue weighted by atomic mass is 10.2. The third kappa shape index (κ3) is 3.59. The van der Waals surface area contributed by atoms with E-state index in [2.05, 4.69) is 11.1 Å². The van der Waals surface area contributed by atoms with E-state index < -0.39 is 0 Å². The SMILES string of the molecule is Cc1ccc2c(Cl)c(C(=O)N(Cc3ccccc3)c3ccccn3)sc2c1. The molecule has 4 rings (SSSR count). The highest BCUT2D eigenvalue weighted by atomic mass is 35.5. The summed E-state index contributed by atoms with van der Waals surface area (Å²) in [4.78, 5) is 20.0. The van der Waals surface area contributed by atoms with Crippen LogP contribution < -0.4 is 4.90 Å². The molecule has 27 heavy (non-hydrogen) atoms. The van der Waals surface area contributed by atoms with E-state index in [4.69, 9.17) is 11.6 Å². The Bertz CT molecular complexity index is 1090. The summed E-state index contributed by atoms with van der Waals surface area (Å²) in [6, 6.07) is 21.5. The zero-order chi connectivity index (χ0) is 18.8. The highest BCUT2D eigenvalue weighted by Gasteiger charge is 2.24.